The van der Waals surface area contributed by atoms with Gasteiger partial charge in [-0.2, -0.15) is 8.78 Å². The Bertz CT molecular complexity index is 354. The number of rotatable bonds is 6. The van der Waals surface area contributed by atoms with Crippen LogP contribution in [0.3, 0.4) is 0 Å². The largest absolute Gasteiger partial charge is 0.419 e. The minimum absolute atomic E-state index is 0.0894. The zero-order valence-corrected chi connectivity index (χ0v) is 9.38. The number of alkyl halides is 4. The summed E-state index contributed by atoms with van der Waals surface area (Å²) in [6.07, 6.45) is -3.64. The number of hydrogen-bond donors (Lipinski definition) is 1. The van der Waals surface area contributed by atoms with Crippen molar-refractivity contribution in [1.82, 2.24) is 15.5 Å². The van der Waals surface area contributed by atoms with Crippen LogP contribution in [0.4, 0.5) is 17.6 Å². The topological polar surface area (TPSA) is 51.0 Å². The Morgan fingerprint density at radius 2 is 1.94 bits per heavy atom. The molecule has 8 heteroatoms. The average molecular weight is 255 g/mol. The SMILES string of the molecule is CC(C)NCCc1nnc(C(F)(F)C(F)F)o1. The Hall–Kier alpha value is -1.18. The summed E-state index contributed by atoms with van der Waals surface area (Å²) in [7, 11) is 0. The van der Waals surface area contributed by atoms with Crippen LogP contribution < -0.4 is 5.32 Å². The lowest BCUT2D eigenvalue weighted by molar-refractivity contribution is -0.151. The van der Waals surface area contributed by atoms with E-state index in [-0.39, 0.29) is 18.4 Å². The molecule has 0 radical (unpaired) electrons. The van der Waals surface area contributed by atoms with Gasteiger partial charge in [-0.3, -0.25) is 0 Å². The van der Waals surface area contributed by atoms with Gasteiger partial charge in [-0.05, 0) is 0 Å². The normalized spacial score (nSPS) is 12.7. The molecule has 0 saturated heterocycles. The average Bonchev–Trinajstić information content (AvgIpc) is 2.66. The summed E-state index contributed by atoms with van der Waals surface area (Å²) in [5.74, 6) is -5.82. The molecule has 0 fully saturated rings. The van der Waals surface area contributed by atoms with Crippen molar-refractivity contribution < 1.29 is 22.0 Å². The molecule has 0 atom stereocenters. The van der Waals surface area contributed by atoms with Crippen molar-refractivity contribution in [3.8, 4) is 0 Å². The highest BCUT2D eigenvalue weighted by atomic mass is 19.3. The van der Waals surface area contributed by atoms with Gasteiger partial charge in [0.05, 0.1) is 0 Å². The van der Waals surface area contributed by atoms with E-state index in [2.05, 4.69) is 19.9 Å². The number of aromatic nitrogens is 2. The minimum atomic E-state index is -4.39. The second-order valence-electron chi connectivity index (χ2n) is 3.78. The molecule has 0 aromatic carbocycles. The molecule has 4 nitrogen and oxygen atoms in total. The maximum Gasteiger partial charge on any atom is 0.382 e. The summed E-state index contributed by atoms with van der Waals surface area (Å²) in [5, 5.41) is 9.23. The van der Waals surface area contributed by atoms with Crippen LogP contribution in [0.1, 0.15) is 25.6 Å². The predicted octanol–water partition coefficient (Wildman–Crippen LogP) is 1.97. The van der Waals surface area contributed by atoms with Gasteiger partial charge in [0.25, 0.3) is 5.89 Å². The van der Waals surface area contributed by atoms with Crippen LogP contribution in [0.25, 0.3) is 0 Å². The van der Waals surface area contributed by atoms with Crippen molar-refractivity contribution >= 4 is 0 Å². The standard InChI is InChI=1S/C9H13F4N3O/c1-5(2)14-4-3-6-15-16-8(17-6)9(12,13)7(10)11/h5,7,14H,3-4H2,1-2H3. The highest BCUT2D eigenvalue weighted by Crippen LogP contribution is 2.33. The van der Waals surface area contributed by atoms with Gasteiger partial charge in [-0.15, -0.1) is 10.2 Å². The van der Waals surface area contributed by atoms with E-state index in [0.717, 1.165) is 0 Å². The summed E-state index contributed by atoms with van der Waals surface area (Å²) in [5.41, 5.74) is 0. The van der Waals surface area contributed by atoms with E-state index in [4.69, 9.17) is 0 Å². The molecule has 0 bridgehead atoms. The predicted molar refractivity (Wildman–Crippen MR) is 51.0 cm³/mol. The lowest BCUT2D eigenvalue weighted by Gasteiger charge is -2.09. The quantitative estimate of drug-likeness (QED) is 0.789. The van der Waals surface area contributed by atoms with Crippen LogP contribution >= 0.6 is 0 Å². The summed E-state index contributed by atoms with van der Waals surface area (Å²) in [6.45, 7) is 4.26. The van der Waals surface area contributed by atoms with Crippen molar-refractivity contribution in [3.05, 3.63) is 11.8 Å². The van der Waals surface area contributed by atoms with Gasteiger partial charge in [0.1, 0.15) is 0 Å². The number of halogens is 4. The molecule has 98 valence electrons. The molecule has 0 aliphatic carbocycles. The van der Waals surface area contributed by atoms with Crippen molar-refractivity contribution in [2.45, 2.75) is 38.7 Å². The van der Waals surface area contributed by atoms with E-state index in [9.17, 15) is 17.6 Å². The van der Waals surface area contributed by atoms with Gasteiger partial charge in [-0.1, -0.05) is 13.8 Å². The molecule has 0 spiro atoms. The molecule has 1 aromatic rings. The van der Waals surface area contributed by atoms with E-state index in [1.165, 1.54) is 0 Å². The van der Waals surface area contributed by atoms with Gasteiger partial charge >= 0.3 is 12.3 Å². The lowest BCUT2D eigenvalue weighted by Crippen LogP contribution is -2.25. The molecular formula is C9H13F4N3O. The fourth-order valence-electron chi connectivity index (χ4n) is 1.05. The monoisotopic (exact) mass is 255 g/mol. The summed E-state index contributed by atoms with van der Waals surface area (Å²) in [6, 6.07) is 0.222. The van der Waals surface area contributed by atoms with Gasteiger partial charge < -0.3 is 9.73 Å². The van der Waals surface area contributed by atoms with Crippen molar-refractivity contribution in [3.63, 3.8) is 0 Å². The van der Waals surface area contributed by atoms with Gasteiger partial charge in [0.2, 0.25) is 5.89 Å². The fraction of sp³-hybridized carbons (Fsp3) is 0.778. The maximum atomic E-state index is 12.8. The molecular weight excluding hydrogens is 242 g/mol. The fourth-order valence-corrected chi connectivity index (χ4v) is 1.05. The summed E-state index contributed by atoms with van der Waals surface area (Å²) in [4.78, 5) is 0. The van der Waals surface area contributed by atoms with Crippen LogP contribution in [0, 0.1) is 0 Å². The van der Waals surface area contributed by atoms with E-state index >= 15 is 0 Å². The van der Waals surface area contributed by atoms with Crippen LogP contribution in [0.5, 0.6) is 0 Å². The first kappa shape index (κ1) is 13.9. The minimum Gasteiger partial charge on any atom is -0.419 e. The van der Waals surface area contributed by atoms with Crippen molar-refractivity contribution in [2.24, 2.45) is 0 Å². The molecule has 0 amide bonds. The maximum absolute atomic E-state index is 12.8. The van der Waals surface area contributed by atoms with Crippen LogP contribution in [-0.2, 0) is 12.3 Å². The molecule has 0 unspecified atom stereocenters. The Labute approximate surface area is 95.4 Å². The zero-order valence-electron chi connectivity index (χ0n) is 9.38. The Kier molecular flexibility index (Phi) is 4.44. The van der Waals surface area contributed by atoms with Crippen molar-refractivity contribution in [1.29, 1.82) is 0 Å². The van der Waals surface area contributed by atoms with Gasteiger partial charge in [-0.25, -0.2) is 8.78 Å². The number of nitrogens with zero attached hydrogens (tertiary/aromatic N) is 2. The van der Waals surface area contributed by atoms with E-state index in [1.807, 2.05) is 13.8 Å². The van der Waals surface area contributed by atoms with Gasteiger partial charge in [0.15, 0.2) is 0 Å². The highest BCUT2D eigenvalue weighted by Gasteiger charge is 2.48. The molecule has 1 aromatic heterocycles. The first-order valence-corrected chi connectivity index (χ1v) is 5.06. The van der Waals surface area contributed by atoms with Crippen LogP contribution in [0.15, 0.2) is 4.42 Å². The first-order valence-electron chi connectivity index (χ1n) is 5.06. The van der Waals surface area contributed by atoms with E-state index in [0.29, 0.717) is 6.54 Å². The molecule has 1 N–H and O–H groups in total. The third-order valence-corrected chi connectivity index (χ3v) is 1.92. The Balaban J connectivity index is 2.59. The lowest BCUT2D eigenvalue weighted by atomic mass is 10.3. The first-order chi connectivity index (χ1) is 7.84. The van der Waals surface area contributed by atoms with E-state index < -0.39 is 18.2 Å². The van der Waals surface area contributed by atoms with Crippen LogP contribution in [-0.4, -0.2) is 29.2 Å². The number of nitrogens with one attached hydrogen (secondary N) is 1. The molecule has 17 heavy (non-hydrogen) atoms. The highest BCUT2D eigenvalue weighted by molar-refractivity contribution is 4.93. The second kappa shape index (κ2) is 5.44. The third-order valence-electron chi connectivity index (χ3n) is 1.92. The molecule has 1 rings (SSSR count). The summed E-state index contributed by atoms with van der Waals surface area (Å²) < 4.78 is 54.0. The van der Waals surface area contributed by atoms with E-state index in [1.54, 1.807) is 0 Å². The molecule has 1 heterocycles. The molecule has 0 aliphatic heterocycles. The second-order valence-corrected chi connectivity index (χ2v) is 3.78. The zero-order chi connectivity index (χ0) is 13.1. The van der Waals surface area contributed by atoms with Gasteiger partial charge in [0, 0.05) is 19.0 Å². The van der Waals surface area contributed by atoms with Crippen LogP contribution in [0.2, 0.25) is 0 Å². The Morgan fingerprint density at radius 3 is 2.47 bits per heavy atom. The smallest absolute Gasteiger partial charge is 0.382 e. The molecule has 0 saturated carbocycles. The summed E-state index contributed by atoms with van der Waals surface area (Å²) >= 11 is 0. The van der Waals surface area contributed by atoms with Crippen molar-refractivity contribution in [2.75, 3.05) is 6.54 Å². The number of hydrogen-bond acceptors (Lipinski definition) is 4. The Morgan fingerprint density at radius 1 is 1.29 bits per heavy atom. The third kappa shape index (κ3) is 3.65. The molecule has 0 aliphatic rings.